The van der Waals surface area contributed by atoms with Gasteiger partial charge in [-0.3, -0.25) is 0 Å². The number of carbonyl (C=O) groups is 1. The minimum Gasteiger partial charge on any atom is -0.335 e. The average Bonchev–Trinajstić information content (AvgIpc) is 2.08. The molecule has 3 nitrogen and oxygen atoms in total. The molecule has 0 radical (unpaired) electrons. The first-order valence-corrected chi connectivity index (χ1v) is 6.36. The van der Waals surface area contributed by atoms with Crippen molar-refractivity contribution in [2.45, 2.75) is 65.5 Å². The normalized spacial score (nSPS) is 30.9. The maximum absolute atomic E-state index is 11.7. The SMILES string of the molecule is CC1CCC(NC(=O)NC(C)(C)C)CC1C. The van der Waals surface area contributed by atoms with E-state index in [2.05, 4.69) is 24.5 Å². The molecule has 1 rings (SSSR count). The van der Waals surface area contributed by atoms with E-state index in [1.165, 1.54) is 6.42 Å². The number of hydrogen-bond acceptors (Lipinski definition) is 1. The molecular formula is C13H26N2O. The molecule has 1 fully saturated rings. The predicted molar refractivity (Wildman–Crippen MR) is 67.4 cm³/mol. The Morgan fingerprint density at radius 1 is 1.12 bits per heavy atom. The Balaban J connectivity index is 2.35. The summed E-state index contributed by atoms with van der Waals surface area (Å²) < 4.78 is 0. The highest BCUT2D eigenvalue weighted by molar-refractivity contribution is 5.74. The molecule has 0 heterocycles. The van der Waals surface area contributed by atoms with Crippen molar-refractivity contribution in [2.75, 3.05) is 0 Å². The maximum Gasteiger partial charge on any atom is 0.315 e. The molecule has 16 heavy (non-hydrogen) atoms. The van der Waals surface area contributed by atoms with Crippen molar-refractivity contribution in [3.05, 3.63) is 0 Å². The van der Waals surface area contributed by atoms with Crippen molar-refractivity contribution in [3.8, 4) is 0 Å². The van der Waals surface area contributed by atoms with Crippen LogP contribution in [-0.2, 0) is 0 Å². The van der Waals surface area contributed by atoms with E-state index in [1.54, 1.807) is 0 Å². The summed E-state index contributed by atoms with van der Waals surface area (Å²) in [6.07, 6.45) is 3.45. The maximum atomic E-state index is 11.7. The second-order valence-corrected chi connectivity index (χ2v) is 6.31. The Bertz CT molecular complexity index is 245. The van der Waals surface area contributed by atoms with Crippen molar-refractivity contribution in [3.63, 3.8) is 0 Å². The quantitative estimate of drug-likeness (QED) is 0.709. The number of amides is 2. The van der Waals surface area contributed by atoms with Gasteiger partial charge in [-0.1, -0.05) is 13.8 Å². The summed E-state index contributed by atoms with van der Waals surface area (Å²) in [5.74, 6) is 1.51. The summed E-state index contributed by atoms with van der Waals surface area (Å²) in [6, 6.07) is 0.327. The Hall–Kier alpha value is -0.730. The molecule has 2 amide bonds. The first-order valence-electron chi connectivity index (χ1n) is 6.36. The van der Waals surface area contributed by atoms with Crippen LogP contribution in [0.5, 0.6) is 0 Å². The fraction of sp³-hybridized carbons (Fsp3) is 0.923. The van der Waals surface area contributed by atoms with Gasteiger partial charge in [0.2, 0.25) is 0 Å². The predicted octanol–water partition coefficient (Wildman–Crippen LogP) is 2.91. The van der Waals surface area contributed by atoms with Crippen molar-refractivity contribution < 1.29 is 4.79 Å². The molecule has 3 heteroatoms. The molecular weight excluding hydrogens is 200 g/mol. The van der Waals surface area contributed by atoms with Gasteiger partial charge in [0, 0.05) is 11.6 Å². The zero-order valence-electron chi connectivity index (χ0n) is 11.3. The van der Waals surface area contributed by atoms with Crippen LogP contribution >= 0.6 is 0 Å². The van der Waals surface area contributed by atoms with Gasteiger partial charge >= 0.3 is 6.03 Å². The molecule has 0 aromatic rings. The molecule has 94 valence electrons. The zero-order valence-corrected chi connectivity index (χ0v) is 11.3. The van der Waals surface area contributed by atoms with Gasteiger partial charge in [0.15, 0.2) is 0 Å². The molecule has 0 aliphatic heterocycles. The minimum absolute atomic E-state index is 0.0285. The van der Waals surface area contributed by atoms with Crippen molar-refractivity contribution in [1.82, 2.24) is 10.6 Å². The summed E-state index contributed by atoms with van der Waals surface area (Å²) in [7, 11) is 0. The van der Waals surface area contributed by atoms with Crippen LogP contribution in [-0.4, -0.2) is 17.6 Å². The van der Waals surface area contributed by atoms with Gasteiger partial charge in [-0.05, 0) is 51.9 Å². The molecule has 3 unspecified atom stereocenters. The highest BCUT2D eigenvalue weighted by atomic mass is 16.2. The van der Waals surface area contributed by atoms with Crippen LogP contribution in [0.4, 0.5) is 4.79 Å². The van der Waals surface area contributed by atoms with Gasteiger partial charge in [-0.2, -0.15) is 0 Å². The highest BCUT2D eigenvalue weighted by Gasteiger charge is 2.26. The average molecular weight is 226 g/mol. The Morgan fingerprint density at radius 3 is 2.25 bits per heavy atom. The third-order valence-electron chi connectivity index (χ3n) is 3.42. The first kappa shape index (κ1) is 13.3. The monoisotopic (exact) mass is 226 g/mol. The van der Waals surface area contributed by atoms with E-state index in [-0.39, 0.29) is 11.6 Å². The van der Waals surface area contributed by atoms with E-state index in [1.807, 2.05) is 20.8 Å². The van der Waals surface area contributed by atoms with Crippen molar-refractivity contribution in [2.24, 2.45) is 11.8 Å². The lowest BCUT2D eigenvalue weighted by Gasteiger charge is -2.33. The van der Waals surface area contributed by atoms with Gasteiger partial charge in [-0.25, -0.2) is 4.79 Å². The fourth-order valence-electron chi connectivity index (χ4n) is 2.24. The van der Waals surface area contributed by atoms with E-state index in [9.17, 15) is 4.79 Å². The van der Waals surface area contributed by atoms with Crippen LogP contribution in [0.15, 0.2) is 0 Å². The lowest BCUT2D eigenvalue weighted by atomic mass is 9.79. The van der Waals surface area contributed by atoms with E-state index in [0.29, 0.717) is 12.0 Å². The van der Waals surface area contributed by atoms with E-state index in [4.69, 9.17) is 0 Å². The number of rotatable bonds is 1. The topological polar surface area (TPSA) is 41.1 Å². The Kier molecular flexibility index (Phi) is 4.22. The highest BCUT2D eigenvalue weighted by Crippen LogP contribution is 2.29. The number of carbonyl (C=O) groups excluding carboxylic acids is 1. The smallest absolute Gasteiger partial charge is 0.315 e. The van der Waals surface area contributed by atoms with Crippen molar-refractivity contribution in [1.29, 1.82) is 0 Å². The van der Waals surface area contributed by atoms with Gasteiger partial charge < -0.3 is 10.6 Å². The van der Waals surface area contributed by atoms with Crippen molar-refractivity contribution >= 4 is 6.03 Å². The molecule has 0 bridgehead atoms. The van der Waals surface area contributed by atoms with Gasteiger partial charge in [0.25, 0.3) is 0 Å². The summed E-state index contributed by atoms with van der Waals surface area (Å²) in [5, 5.41) is 6.02. The number of urea groups is 1. The second-order valence-electron chi connectivity index (χ2n) is 6.31. The van der Waals surface area contributed by atoms with Gasteiger partial charge in [0.05, 0.1) is 0 Å². The second kappa shape index (κ2) is 5.07. The van der Waals surface area contributed by atoms with Crippen LogP contribution in [0.25, 0.3) is 0 Å². The molecule has 3 atom stereocenters. The van der Waals surface area contributed by atoms with Crippen LogP contribution in [0.3, 0.4) is 0 Å². The number of nitrogens with one attached hydrogen (secondary N) is 2. The van der Waals surface area contributed by atoms with Crippen LogP contribution in [0.1, 0.15) is 53.9 Å². The Morgan fingerprint density at radius 2 is 1.75 bits per heavy atom. The third kappa shape index (κ3) is 4.42. The van der Waals surface area contributed by atoms with E-state index >= 15 is 0 Å². The molecule has 1 aliphatic rings. The molecule has 2 N–H and O–H groups in total. The summed E-state index contributed by atoms with van der Waals surface area (Å²) >= 11 is 0. The zero-order chi connectivity index (χ0) is 12.3. The lowest BCUT2D eigenvalue weighted by Crippen LogP contribution is -2.50. The molecule has 1 aliphatic carbocycles. The summed E-state index contributed by atoms with van der Waals surface area (Å²) in [4.78, 5) is 11.7. The third-order valence-corrected chi connectivity index (χ3v) is 3.42. The molecule has 0 aromatic heterocycles. The minimum atomic E-state index is -0.155. The lowest BCUT2D eigenvalue weighted by molar-refractivity contribution is 0.203. The van der Waals surface area contributed by atoms with Crippen LogP contribution in [0, 0.1) is 11.8 Å². The Labute approximate surface area is 99.4 Å². The van der Waals surface area contributed by atoms with E-state index < -0.39 is 0 Å². The standard InChI is InChI=1S/C13H26N2O/c1-9-6-7-11(8-10(9)2)14-12(16)15-13(3,4)5/h9-11H,6-8H2,1-5H3,(H2,14,15,16). The fourth-order valence-corrected chi connectivity index (χ4v) is 2.24. The largest absolute Gasteiger partial charge is 0.335 e. The van der Waals surface area contributed by atoms with Crippen LogP contribution in [0.2, 0.25) is 0 Å². The number of hydrogen-bond donors (Lipinski definition) is 2. The first-order chi connectivity index (χ1) is 7.28. The summed E-state index contributed by atoms with van der Waals surface area (Å²) in [5.41, 5.74) is -0.155. The van der Waals surface area contributed by atoms with Gasteiger partial charge in [-0.15, -0.1) is 0 Å². The summed E-state index contributed by atoms with van der Waals surface area (Å²) in [6.45, 7) is 10.6. The van der Waals surface area contributed by atoms with Crippen LogP contribution < -0.4 is 10.6 Å². The molecule has 1 saturated carbocycles. The van der Waals surface area contributed by atoms with Gasteiger partial charge in [0.1, 0.15) is 0 Å². The van der Waals surface area contributed by atoms with E-state index in [0.717, 1.165) is 18.8 Å². The molecule has 0 spiro atoms. The molecule has 0 saturated heterocycles. The molecule has 0 aromatic carbocycles.